The number of thioether (sulfide) groups is 1. The lowest BCUT2D eigenvalue weighted by molar-refractivity contribution is -0.117. The first kappa shape index (κ1) is 17.5. The van der Waals surface area contributed by atoms with E-state index in [1.807, 2.05) is 19.1 Å². The lowest BCUT2D eigenvalue weighted by Crippen LogP contribution is -2.40. The topological polar surface area (TPSA) is 93.1 Å². The second kappa shape index (κ2) is 7.69. The van der Waals surface area contributed by atoms with Crippen molar-refractivity contribution in [2.24, 2.45) is 0 Å². The highest BCUT2D eigenvalue weighted by atomic mass is 32.2. The Bertz CT molecular complexity index is 861. The van der Waals surface area contributed by atoms with Gasteiger partial charge in [-0.05, 0) is 31.4 Å². The van der Waals surface area contributed by atoms with Gasteiger partial charge in [0.25, 0.3) is 5.56 Å². The Morgan fingerprint density at radius 1 is 1.32 bits per heavy atom. The van der Waals surface area contributed by atoms with Gasteiger partial charge in [-0.3, -0.25) is 19.5 Å². The number of urea groups is 1. The highest BCUT2D eigenvalue weighted by Gasteiger charge is 2.28. The molecule has 1 aliphatic rings. The minimum atomic E-state index is -0.501. The molecule has 7 nitrogen and oxygen atoms in total. The van der Waals surface area contributed by atoms with E-state index in [0.717, 1.165) is 19.3 Å². The molecule has 3 amide bonds. The van der Waals surface area contributed by atoms with Gasteiger partial charge in [0, 0.05) is 12.6 Å². The first-order valence-electron chi connectivity index (χ1n) is 8.32. The van der Waals surface area contributed by atoms with Crippen LogP contribution in [0, 0.1) is 0 Å². The van der Waals surface area contributed by atoms with Crippen molar-refractivity contribution < 1.29 is 9.59 Å². The molecular weight excluding hydrogens is 340 g/mol. The Hall–Kier alpha value is -2.35. The van der Waals surface area contributed by atoms with Crippen LogP contribution in [0.3, 0.4) is 0 Å². The molecule has 0 atom stereocenters. The van der Waals surface area contributed by atoms with Crippen LogP contribution in [0.5, 0.6) is 0 Å². The van der Waals surface area contributed by atoms with Gasteiger partial charge in [-0.1, -0.05) is 30.8 Å². The number of benzene rings is 1. The summed E-state index contributed by atoms with van der Waals surface area (Å²) in [5.41, 5.74) is 0.546. The van der Waals surface area contributed by atoms with E-state index in [-0.39, 0.29) is 17.4 Å². The molecule has 0 aliphatic heterocycles. The zero-order valence-corrected chi connectivity index (χ0v) is 14.8. The van der Waals surface area contributed by atoms with Gasteiger partial charge in [0.2, 0.25) is 5.91 Å². The summed E-state index contributed by atoms with van der Waals surface area (Å²) in [6.45, 7) is 2.44. The molecule has 8 heteroatoms. The fourth-order valence-corrected chi connectivity index (χ4v) is 3.32. The number of rotatable bonds is 6. The molecule has 1 aliphatic carbocycles. The minimum Gasteiger partial charge on any atom is -0.338 e. The number of para-hydroxylation sites is 1. The van der Waals surface area contributed by atoms with E-state index < -0.39 is 11.9 Å². The number of amides is 3. The lowest BCUT2D eigenvalue weighted by atomic mass is 10.2. The van der Waals surface area contributed by atoms with E-state index in [1.165, 1.54) is 11.8 Å². The summed E-state index contributed by atoms with van der Waals surface area (Å²) in [7, 11) is 0. The number of carbonyl (C=O) groups excluding carboxylic acids is 2. The molecule has 1 fully saturated rings. The van der Waals surface area contributed by atoms with Crippen molar-refractivity contribution in [2.45, 2.75) is 37.4 Å². The fourth-order valence-electron chi connectivity index (χ4n) is 2.46. The van der Waals surface area contributed by atoms with Crippen LogP contribution < -0.4 is 16.2 Å². The van der Waals surface area contributed by atoms with Crippen LogP contribution in [0.4, 0.5) is 4.79 Å². The third-order valence-corrected chi connectivity index (χ3v) is 4.76. The van der Waals surface area contributed by atoms with Crippen LogP contribution in [-0.2, 0) is 4.79 Å². The summed E-state index contributed by atoms with van der Waals surface area (Å²) in [5, 5.41) is 5.97. The molecule has 0 radical (unpaired) electrons. The maximum absolute atomic E-state index is 12.7. The van der Waals surface area contributed by atoms with E-state index >= 15 is 0 Å². The molecule has 2 N–H and O–H groups in total. The second-order valence-electron chi connectivity index (χ2n) is 5.91. The van der Waals surface area contributed by atoms with Crippen molar-refractivity contribution >= 4 is 34.6 Å². The average Bonchev–Trinajstić information content (AvgIpc) is 3.43. The third kappa shape index (κ3) is 4.19. The maximum Gasteiger partial charge on any atom is 0.321 e. The summed E-state index contributed by atoms with van der Waals surface area (Å²) in [4.78, 5) is 40.7. The van der Waals surface area contributed by atoms with Gasteiger partial charge < -0.3 is 5.32 Å². The molecular formula is C17H20N4O3S. The van der Waals surface area contributed by atoms with E-state index in [0.29, 0.717) is 22.6 Å². The van der Waals surface area contributed by atoms with E-state index in [2.05, 4.69) is 15.6 Å². The van der Waals surface area contributed by atoms with E-state index in [4.69, 9.17) is 0 Å². The Balaban J connectivity index is 1.75. The molecule has 1 aromatic heterocycles. The monoisotopic (exact) mass is 360 g/mol. The number of hydrogen-bond donors (Lipinski definition) is 2. The third-order valence-electron chi connectivity index (χ3n) is 3.81. The van der Waals surface area contributed by atoms with Crippen molar-refractivity contribution in [3.8, 4) is 0 Å². The smallest absolute Gasteiger partial charge is 0.321 e. The van der Waals surface area contributed by atoms with Gasteiger partial charge in [0.05, 0.1) is 16.7 Å². The number of hydrogen-bond acceptors (Lipinski definition) is 5. The van der Waals surface area contributed by atoms with Gasteiger partial charge in [0.1, 0.15) is 0 Å². The highest BCUT2D eigenvalue weighted by molar-refractivity contribution is 7.99. The van der Waals surface area contributed by atoms with Gasteiger partial charge in [0.15, 0.2) is 5.16 Å². The predicted octanol–water partition coefficient (Wildman–Crippen LogP) is 2.06. The van der Waals surface area contributed by atoms with E-state index in [1.54, 1.807) is 16.7 Å². The zero-order chi connectivity index (χ0) is 17.8. The summed E-state index contributed by atoms with van der Waals surface area (Å²) in [5.74, 6) is -0.389. The van der Waals surface area contributed by atoms with Crippen LogP contribution in [0.15, 0.2) is 34.2 Å². The predicted molar refractivity (Wildman–Crippen MR) is 96.8 cm³/mol. The van der Waals surface area contributed by atoms with Gasteiger partial charge >= 0.3 is 6.03 Å². The average molecular weight is 360 g/mol. The number of aromatic nitrogens is 2. The molecule has 3 rings (SSSR count). The van der Waals surface area contributed by atoms with Crippen molar-refractivity contribution in [2.75, 3.05) is 12.3 Å². The van der Waals surface area contributed by atoms with Gasteiger partial charge in [-0.15, -0.1) is 0 Å². The SMILES string of the molecule is CCCNC(=O)NC(=O)CSc1nc2ccccc2c(=O)n1C1CC1. The standard InChI is InChI=1S/C17H20N4O3S/c1-2-9-18-16(24)20-14(22)10-25-17-19-13-6-4-3-5-12(13)15(23)21(17)11-7-8-11/h3-6,11H,2,7-10H2,1H3,(H2,18,20,22,24). The molecule has 2 aromatic rings. The first-order valence-corrected chi connectivity index (χ1v) is 9.30. The molecule has 1 heterocycles. The molecule has 0 spiro atoms. The lowest BCUT2D eigenvalue weighted by Gasteiger charge is -2.12. The summed E-state index contributed by atoms with van der Waals surface area (Å²) in [6, 6.07) is 6.85. The van der Waals surface area contributed by atoms with Gasteiger partial charge in [-0.25, -0.2) is 9.78 Å². The van der Waals surface area contributed by atoms with Crippen LogP contribution in [0.1, 0.15) is 32.2 Å². The summed E-state index contributed by atoms with van der Waals surface area (Å²) >= 11 is 1.18. The first-order chi connectivity index (χ1) is 12.1. The van der Waals surface area contributed by atoms with Crippen molar-refractivity contribution in [3.63, 3.8) is 0 Å². The molecule has 0 bridgehead atoms. The Kier molecular flexibility index (Phi) is 5.37. The Morgan fingerprint density at radius 3 is 2.80 bits per heavy atom. The number of carbonyl (C=O) groups is 2. The molecule has 132 valence electrons. The highest BCUT2D eigenvalue weighted by Crippen LogP contribution is 2.36. The minimum absolute atomic E-state index is 0.0248. The number of imide groups is 1. The Morgan fingerprint density at radius 2 is 2.08 bits per heavy atom. The molecule has 0 saturated heterocycles. The molecule has 0 unspecified atom stereocenters. The number of fused-ring (bicyclic) bond motifs is 1. The van der Waals surface area contributed by atoms with Crippen LogP contribution in [0.25, 0.3) is 10.9 Å². The fraction of sp³-hybridized carbons (Fsp3) is 0.412. The number of nitrogens with one attached hydrogen (secondary N) is 2. The van der Waals surface area contributed by atoms with Crippen molar-refractivity contribution in [1.29, 1.82) is 0 Å². The van der Waals surface area contributed by atoms with Gasteiger partial charge in [-0.2, -0.15) is 0 Å². The zero-order valence-electron chi connectivity index (χ0n) is 13.9. The summed E-state index contributed by atoms with van der Waals surface area (Å²) in [6.07, 6.45) is 2.68. The molecule has 1 saturated carbocycles. The number of nitrogens with zero attached hydrogens (tertiary/aromatic N) is 2. The molecule has 1 aromatic carbocycles. The maximum atomic E-state index is 12.7. The van der Waals surface area contributed by atoms with Crippen LogP contribution in [0.2, 0.25) is 0 Å². The second-order valence-corrected chi connectivity index (χ2v) is 6.85. The largest absolute Gasteiger partial charge is 0.338 e. The van der Waals surface area contributed by atoms with Crippen molar-refractivity contribution in [1.82, 2.24) is 20.2 Å². The Labute approximate surface area is 149 Å². The normalized spacial score (nSPS) is 13.6. The van der Waals surface area contributed by atoms with E-state index in [9.17, 15) is 14.4 Å². The quantitative estimate of drug-likeness (QED) is 0.608. The van der Waals surface area contributed by atoms with Crippen LogP contribution in [-0.4, -0.2) is 33.8 Å². The van der Waals surface area contributed by atoms with Crippen LogP contribution >= 0.6 is 11.8 Å². The molecule has 25 heavy (non-hydrogen) atoms. The van der Waals surface area contributed by atoms with Crippen molar-refractivity contribution in [3.05, 3.63) is 34.6 Å². The summed E-state index contributed by atoms with van der Waals surface area (Å²) < 4.78 is 1.68.